The zero-order chi connectivity index (χ0) is 28.1. The average Bonchev–Trinajstić information content (AvgIpc) is 2.80. The number of phenolic OH excluding ortho intramolecular Hbond substituents is 1. The van der Waals surface area contributed by atoms with E-state index in [-0.39, 0.29) is 18.6 Å². The van der Waals surface area contributed by atoms with E-state index in [1.165, 1.54) is 36.0 Å². The lowest BCUT2D eigenvalue weighted by atomic mass is 10.0. The fourth-order valence-electron chi connectivity index (χ4n) is 3.08. The lowest BCUT2D eigenvalue weighted by molar-refractivity contribution is -0.142. The van der Waals surface area contributed by atoms with Crippen LogP contribution in [0.15, 0.2) is 24.3 Å². The first kappa shape index (κ1) is 31.2. The summed E-state index contributed by atoms with van der Waals surface area (Å²) in [5, 5.41) is 34.7. The van der Waals surface area contributed by atoms with Crippen LogP contribution in [0.3, 0.4) is 0 Å². The molecule has 0 fully saturated rings. The van der Waals surface area contributed by atoms with Crippen LogP contribution in [0.2, 0.25) is 0 Å². The van der Waals surface area contributed by atoms with E-state index in [2.05, 4.69) is 16.0 Å². The van der Waals surface area contributed by atoms with Gasteiger partial charge in [-0.1, -0.05) is 12.1 Å². The van der Waals surface area contributed by atoms with E-state index in [0.717, 1.165) is 0 Å². The molecule has 0 heterocycles. The van der Waals surface area contributed by atoms with Gasteiger partial charge in [-0.3, -0.25) is 24.0 Å². The summed E-state index contributed by atoms with van der Waals surface area (Å²) in [4.78, 5) is 72.1. The van der Waals surface area contributed by atoms with E-state index >= 15 is 0 Å². The van der Waals surface area contributed by atoms with Gasteiger partial charge in [-0.2, -0.15) is 11.8 Å². The van der Waals surface area contributed by atoms with Gasteiger partial charge in [0.2, 0.25) is 23.6 Å². The molecule has 0 aromatic heterocycles. The van der Waals surface area contributed by atoms with Crippen LogP contribution in [0.4, 0.5) is 0 Å². The SMILES string of the molecule is CSCCC(NC(=O)C(Cc1ccc(O)cc1)NC(=O)C(CC(N)=O)NC(=O)C(N)CC(=O)O)C(=O)O. The summed E-state index contributed by atoms with van der Waals surface area (Å²) >= 11 is 1.38. The van der Waals surface area contributed by atoms with Gasteiger partial charge in [-0.05, 0) is 36.1 Å². The minimum absolute atomic E-state index is 0.0428. The van der Waals surface area contributed by atoms with Crippen molar-refractivity contribution in [1.29, 1.82) is 0 Å². The maximum absolute atomic E-state index is 13.0. The molecule has 1 aromatic rings. The van der Waals surface area contributed by atoms with Crippen LogP contribution in [0.25, 0.3) is 0 Å². The maximum atomic E-state index is 13.0. The Morgan fingerprint density at radius 3 is 1.92 bits per heavy atom. The summed E-state index contributed by atoms with van der Waals surface area (Å²) in [5.41, 5.74) is 11.2. The van der Waals surface area contributed by atoms with Gasteiger partial charge in [0.25, 0.3) is 0 Å². The van der Waals surface area contributed by atoms with Crippen LogP contribution >= 0.6 is 11.8 Å². The quantitative estimate of drug-likeness (QED) is 0.112. The Hall–Kier alpha value is -3.85. The van der Waals surface area contributed by atoms with Crippen LogP contribution in [-0.4, -0.2) is 87.1 Å². The highest BCUT2D eigenvalue weighted by molar-refractivity contribution is 7.98. The van der Waals surface area contributed by atoms with Crippen molar-refractivity contribution in [3.05, 3.63) is 29.8 Å². The Morgan fingerprint density at radius 2 is 1.41 bits per heavy atom. The molecule has 0 radical (unpaired) electrons. The molecule has 14 nitrogen and oxygen atoms in total. The van der Waals surface area contributed by atoms with Crippen molar-refractivity contribution in [2.75, 3.05) is 12.0 Å². The zero-order valence-electron chi connectivity index (χ0n) is 20.0. The number of thioether (sulfide) groups is 1. The number of hydrogen-bond acceptors (Lipinski definition) is 9. The lowest BCUT2D eigenvalue weighted by Crippen LogP contribution is -2.58. The minimum atomic E-state index is -1.59. The predicted octanol–water partition coefficient (Wildman–Crippen LogP) is -2.10. The van der Waals surface area contributed by atoms with Crippen molar-refractivity contribution in [3.8, 4) is 5.75 Å². The number of carboxylic acid groups (broad SMARTS) is 2. The Balaban J connectivity index is 3.15. The summed E-state index contributed by atoms with van der Waals surface area (Å²) in [6.45, 7) is 0. The second-order valence-corrected chi connectivity index (χ2v) is 9.03. The molecule has 4 atom stereocenters. The molecule has 15 heteroatoms. The first-order valence-corrected chi connectivity index (χ1v) is 12.4. The summed E-state index contributed by atoms with van der Waals surface area (Å²) in [7, 11) is 0. The number of phenols is 1. The summed E-state index contributed by atoms with van der Waals surface area (Å²) in [5.74, 6) is -6.11. The standard InChI is InChI=1S/C22H31N5O9S/c1-37-7-6-14(22(35)36)25-20(33)15(8-11-2-4-12(28)5-3-11)27-21(34)16(10-17(24)29)26-19(32)13(23)9-18(30)31/h2-5,13-16,28H,6-10,23H2,1H3,(H2,24,29)(H,25,33)(H,26,32)(H,27,34)(H,30,31)(H,35,36). The summed E-state index contributed by atoms with van der Waals surface area (Å²) in [6.07, 6.45) is 0.322. The number of rotatable bonds is 16. The molecule has 1 rings (SSSR count). The third kappa shape index (κ3) is 11.6. The smallest absolute Gasteiger partial charge is 0.326 e. The molecule has 0 saturated carbocycles. The van der Waals surface area contributed by atoms with E-state index in [9.17, 15) is 39.0 Å². The molecule has 4 unspecified atom stereocenters. The first-order valence-electron chi connectivity index (χ1n) is 11.0. The van der Waals surface area contributed by atoms with Gasteiger partial charge in [0.05, 0.1) is 18.9 Å². The largest absolute Gasteiger partial charge is 0.508 e. The van der Waals surface area contributed by atoms with Gasteiger partial charge >= 0.3 is 11.9 Å². The Kier molecular flexibility index (Phi) is 12.9. The lowest BCUT2D eigenvalue weighted by Gasteiger charge is -2.25. The van der Waals surface area contributed by atoms with Gasteiger partial charge in [-0.15, -0.1) is 0 Å². The van der Waals surface area contributed by atoms with Gasteiger partial charge in [0.15, 0.2) is 0 Å². The van der Waals surface area contributed by atoms with Crippen molar-refractivity contribution in [2.24, 2.45) is 11.5 Å². The van der Waals surface area contributed by atoms with E-state index in [0.29, 0.717) is 11.3 Å². The number of amides is 4. The molecule has 4 amide bonds. The number of nitrogens with two attached hydrogens (primary N) is 2. The number of aliphatic carboxylic acids is 2. The highest BCUT2D eigenvalue weighted by Crippen LogP contribution is 2.12. The number of benzene rings is 1. The maximum Gasteiger partial charge on any atom is 0.326 e. The Bertz CT molecular complexity index is 989. The van der Waals surface area contributed by atoms with E-state index in [4.69, 9.17) is 16.6 Å². The van der Waals surface area contributed by atoms with Crippen molar-refractivity contribution in [2.45, 2.75) is 49.9 Å². The number of hydrogen-bond donors (Lipinski definition) is 8. The van der Waals surface area contributed by atoms with E-state index in [1.54, 1.807) is 6.26 Å². The number of carboxylic acids is 2. The normalized spacial score (nSPS) is 13.9. The topological polar surface area (TPSA) is 251 Å². The molecule has 0 bridgehead atoms. The summed E-state index contributed by atoms with van der Waals surface area (Å²) < 4.78 is 0. The number of carbonyl (C=O) groups excluding carboxylic acids is 4. The number of nitrogens with one attached hydrogen (secondary N) is 3. The zero-order valence-corrected chi connectivity index (χ0v) is 20.8. The summed E-state index contributed by atoms with van der Waals surface area (Å²) in [6, 6.07) is -0.0382. The third-order valence-electron chi connectivity index (χ3n) is 5.00. The molecule has 37 heavy (non-hydrogen) atoms. The number of aromatic hydroxyl groups is 1. The second kappa shape index (κ2) is 15.3. The van der Waals surface area contributed by atoms with Crippen LogP contribution in [0.5, 0.6) is 5.75 Å². The first-order chi connectivity index (χ1) is 17.3. The molecule has 10 N–H and O–H groups in total. The fraction of sp³-hybridized carbons (Fsp3) is 0.455. The highest BCUT2D eigenvalue weighted by atomic mass is 32.2. The van der Waals surface area contributed by atoms with Crippen molar-refractivity contribution in [1.82, 2.24) is 16.0 Å². The van der Waals surface area contributed by atoms with Crippen LogP contribution in [-0.2, 0) is 35.2 Å². The molecule has 204 valence electrons. The molecular weight excluding hydrogens is 510 g/mol. The van der Waals surface area contributed by atoms with Gasteiger partial charge in [0.1, 0.15) is 23.9 Å². The van der Waals surface area contributed by atoms with Gasteiger partial charge in [0, 0.05) is 6.42 Å². The number of primary amides is 1. The molecule has 0 saturated heterocycles. The van der Waals surface area contributed by atoms with Crippen molar-refractivity contribution >= 4 is 47.3 Å². The molecule has 0 spiro atoms. The molecular formula is C22H31N5O9S. The highest BCUT2D eigenvalue weighted by Gasteiger charge is 2.31. The minimum Gasteiger partial charge on any atom is -0.508 e. The van der Waals surface area contributed by atoms with Crippen LogP contribution < -0.4 is 27.4 Å². The van der Waals surface area contributed by atoms with Crippen molar-refractivity contribution in [3.63, 3.8) is 0 Å². The van der Waals surface area contributed by atoms with Crippen molar-refractivity contribution < 1.29 is 44.1 Å². The molecule has 0 aliphatic heterocycles. The Labute approximate surface area is 216 Å². The average molecular weight is 542 g/mol. The number of carbonyl (C=O) groups is 6. The van der Waals surface area contributed by atoms with Gasteiger partial charge in [-0.25, -0.2) is 4.79 Å². The van der Waals surface area contributed by atoms with Crippen LogP contribution in [0, 0.1) is 0 Å². The van der Waals surface area contributed by atoms with E-state index in [1.807, 2.05) is 0 Å². The second-order valence-electron chi connectivity index (χ2n) is 8.05. The predicted molar refractivity (Wildman–Crippen MR) is 132 cm³/mol. The Morgan fingerprint density at radius 1 is 0.865 bits per heavy atom. The van der Waals surface area contributed by atoms with Gasteiger partial charge < -0.3 is 42.7 Å². The molecule has 1 aromatic carbocycles. The molecule has 0 aliphatic carbocycles. The monoisotopic (exact) mass is 541 g/mol. The fourth-order valence-corrected chi connectivity index (χ4v) is 3.56. The van der Waals surface area contributed by atoms with Crippen LogP contribution in [0.1, 0.15) is 24.8 Å². The van der Waals surface area contributed by atoms with E-state index < -0.39 is 72.6 Å². The molecule has 0 aliphatic rings. The third-order valence-corrected chi connectivity index (χ3v) is 5.65.